The molecule has 0 radical (unpaired) electrons. The van der Waals surface area contributed by atoms with Crippen LogP contribution in [-0.4, -0.2) is 37.1 Å². The van der Waals surface area contributed by atoms with E-state index in [1.54, 1.807) is 13.2 Å². The summed E-state index contributed by atoms with van der Waals surface area (Å²) in [5.41, 5.74) is 0.741. The number of likely N-dealkylation sites (N-methyl/N-ethyl adjacent to an activating group) is 1. The minimum atomic E-state index is -0.205. The highest BCUT2D eigenvalue weighted by Crippen LogP contribution is 2.18. The molecule has 2 rings (SSSR count). The average molecular weight is 248 g/mol. The summed E-state index contributed by atoms with van der Waals surface area (Å²) in [6, 6.07) is 3.66. The van der Waals surface area contributed by atoms with Crippen LogP contribution in [-0.2, 0) is 4.79 Å². The molecule has 1 aliphatic rings. The second kappa shape index (κ2) is 5.82. The number of carbonyl (C=O) groups excluding carboxylic acids is 1. The Bertz CT molecular complexity index is 398. The number of nitrogens with one attached hydrogen (secondary N) is 2. The molecule has 1 amide bonds. The van der Waals surface area contributed by atoms with E-state index in [1.807, 2.05) is 19.1 Å². The van der Waals surface area contributed by atoms with Crippen molar-refractivity contribution in [3.63, 3.8) is 0 Å². The highest BCUT2D eigenvalue weighted by Gasteiger charge is 2.14. The fourth-order valence-electron chi connectivity index (χ4n) is 1.97. The molecule has 1 aliphatic heterocycles. The smallest absolute Gasteiger partial charge is 0.241 e. The predicted octanol–water partition coefficient (Wildman–Crippen LogP) is 1.23. The Morgan fingerprint density at radius 1 is 1.39 bits per heavy atom. The van der Waals surface area contributed by atoms with Crippen LogP contribution in [0, 0.1) is 0 Å². The molecule has 1 fully saturated rings. The van der Waals surface area contributed by atoms with Gasteiger partial charge in [-0.1, -0.05) is 0 Å². The van der Waals surface area contributed by atoms with E-state index in [0.717, 1.165) is 24.6 Å². The van der Waals surface area contributed by atoms with Crippen LogP contribution in [0.2, 0.25) is 0 Å². The zero-order valence-electron chi connectivity index (χ0n) is 10.9. The van der Waals surface area contributed by atoms with Crippen LogP contribution in [0.3, 0.4) is 0 Å². The second-order valence-electron chi connectivity index (χ2n) is 4.60. The quantitative estimate of drug-likeness (QED) is 0.841. The molecule has 1 saturated heterocycles. The van der Waals surface area contributed by atoms with Crippen LogP contribution in [0.4, 0.5) is 11.5 Å². The van der Waals surface area contributed by atoms with E-state index >= 15 is 0 Å². The van der Waals surface area contributed by atoms with Crippen LogP contribution in [0.15, 0.2) is 18.3 Å². The fourth-order valence-corrected chi connectivity index (χ4v) is 1.97. The maximum absolute atomic E-state index is 11.7. The molecule has 2 N–H and O–H groups in total. The zero-order valence-corrected chi connectivity index (χ0v) is 10.9. The van der Waals surface area contributed by atoms with Crippen molar-refractivity contribution in [2.45, 2.75) is 25.8 Å². The van der Waals surface area contributed by atoms with Gasteiger partial charge in [0.25, 0.3) is 0 Å². The van der Waals surface area contributed by atoms with Gasteiger partial charge >= 0.3 is 0 Å². The molecule has 2 heterocycles. The van der Waals surface area contributed by atoms with Crippen molar-refractivity contribution in [1.82, 2.24) is 10.3 Å². The third-order valence-electron chi connectivity index (χ3n) is 3.27. The molecular formula is C13H20N4O. The largest absolute Gasteiger partial charge is 0.357 e. The first-order valence-corrected chi connectivity index (χ1v) is 6.40. The number of rotatable bonds is 4. The molecule has 1 unspecified atom stereocenters. The van der Waals surface area contributed by atoms with Gasteiger partial charge in [-0.05, 0) is 38.9 Å². The first kappa shape index (κ1) is 12.8. The van der Waals surface area contributed by atoms with Crippen LogP contribution in [0.5, 0.6) is 0 Å². The molecule has 1 atom stereocenters. The Labute approximate surface area is 108 Å². The van der Waals surface area contributed by atoms with Gasteiger partial charge in [0.15, 0.2) is 0 Å². The van der Waals surface area contributed by atoms with Gasteiger partial charge in [-0.2, -0.15) is 0 Å². The summed E-state index contributed by atoms with van der Waals surface area (Å²) in [5, 5.41) is 5.73. The molecule has 0 bridgehead atoms. The summed E-state index contributed by atoms with van der Waals surface area (Å²) in [6.45, 7) is 3.98. The lowest BCUT2D eigenvalue weighted by Gasteiger charge is -2.16. The number of pyridine rings is 1. The van der Waals surface area contributed by atoms with Gasteiger partial charge in [-0.25, -0.2) is 4.98 Å². The summed E-state index contributed by atoms with van der Waals surface area (Å²) >= 11 is 0. The van der Waals surface area contributed by atoms with Gasteiger partial charge in [-0.3, -0.25) is 4.79 Å². The molecular weight excluding hydrogens is 228 g/mol. The normalized spacial score (nSPS) is 16.7. The average Bonchev–Trinajstić information content (AvgIpc) is 2.92. The van der Waals surface area contributed by atoms with E-state index in [-0.39, 0.29) is 11.9 Å². The summed E-state index contributed by atoms with van der Waals surface area (Å²) < 4.78 is 0. The van der Waals surface area contributed by atoms with Crippen molar-refractivity contribution in [3.8, 4) is 0 Å². The van der Waals surface area contributed by atoms with E-state index in [9.17, 15) is 4.79 Å². The van der Waals surface area contributed by atoms with Gasteiger partial charge < -0.3 is 15.5 Å². The zero-order chi connectivity index (χ0) is 13.0. The van der Waals surface area contributed by atoms with Crippen molar-refractivity contribution < 1.29 is 4.79 Å². The Balaban J connectivity index is 1.97. The first-order valence-electron chi connectivity index (χ1n) is 6.40. The molecule has 1 aromatic heterocycles. The number of anilines is 2. The third kappa shape index (κ3) is 2.98. The monoisotopic (exact) mass is 248 g/mol. The minimum Gasteiger partial charge on any atom is -0.357 e. The molecule has 0 spiro atoms. The molecule has 5 nitrogen and oxygen atoms in total. The molecule has 5 heteroatoms. The highest BCUT2D eigenvalue weighted by molar-refractivity contribution is 5.94. The summed E-state index contributed by atoms with van der Waals surface area (Å²) in [4.78, 5) is 18.3. The van der Waals surface area contributed by atoms with Crippen LogP contribution in [0.25, 0.3) is 0 Å². The van der Waals surface area contributed by atoms with Gasteiger partial charge in [-0.15, -0.1) is 0 Å². The van der Waals surface area contributed by atoms with Crippen molar-refractivity contribution in [1.29, 1.82) is 0 Å². The molecule has 0 aromatic carbocycles. The van der Waals surface area contributed by atoms with E-state index in [4.69, 9.17) is 0 Å². The number of hydrogen-bond acceptors (Lipinski definition) is 4. The Morgan fingerprint density at radius 3 is 2.67 bits per heavy atom. The maximum atomic E-state index is 11.7. The number of carbonyl (C=O) groups is 1. The molecule has 1 aromatic rings. The van der Waals surface area contributed by atoms with E-state index in [0.29, 0.717) is 0 Å². The van der Waals surface area contributed by atoms with Gasteiger partial charge in [0.1, 0.15) is 5.82 Å². The SMILES string of the molecule is CNC(C)C(=O)Nc1ccc(N2CCCC2)nc1. The lowest BCUT2D eigenvalue weighted by atomic mass is 10.3. The van der Waals surface area contributed by atoms with E-state index < -0.39 is 0 Å². The standard InChI is InChI=1S/C13H20N4O/c1-10(14-2)13(18)16-11-5-6-12(15-9-11)17-7-3-4-8-17/h5-6,9-10,14H,3-4,7-8H2,1-2H3,(H,16,18). The molecule has 0 saturated carbocycles. The van der Waals surface area contributed by atoms with Gasteiger partial charge in [0.2, 0.25) is 5.91 Å². The Morgan fingerprint density at radius 2 is 2.11 bits per heavy atom. The topological polar surface area (TPSA) is 57.3 Å². The highest BCUT2D eigenvalue weighted by atomic mass is 16.2. The van der Waals surface area contributed by atoms with Gasteiger partial charge in [0, 0.05) is 13.1 Å². The second-order valence-corrected chi connectivity index (χ2v) is 4.60. The van der Waals surface area contributed by atoms with Crippen molar-refractivity contribution in [2.24, 2.45) is 0 Å². The predicted molar refractivity (Wildman–Crippen MR) is 72.8 cm³/mol. The number of nitrogens with zero attached hydrogens (tertiary/aromatic N) is 2. The summed E-state index contributed by atoms with van der Waals surface area (Å²) in [5.74, 6) is 0.945. The maximum Gasteiger partial charge on any atom is 0.241 e. The number of aromatic nitrogens is 1. The minimum absolute atomic E-state index is 0.0479. The van der Waals surface area contributed by atoms with Crippen molar-refractivity contribution in [2.75, 3.05) is 30.4 Å². The number of hydrogen-bond donors (Lipinski definition) is 2. The van der Waals surface area contributed by atoms with Gasteiger partial charge in [0.05, 0.1) is 17.9 Å². The van der Waals surface area contributed by atoms with Crippen LogP contribution >= 0.6 is 0 Å². The number of amides is 1. The van der Waals surface area contributed by atoms with Crippen LogP contribution < -0.4 is 15.5 Å². The fraction of sp³-hybridized carbons (Fsp3) is 0.538. The Kier molecular flexibility index (Phi) is 4.15. The molecule has 18 heavy (non-hydrogen) atoms. The Hall–Kier alpha value is -1.62. The van der Waals surface area contributed by atoms with Crippen molar-refractivity contribution >= 4 is 17.4 Å². The summed E-state index contributed by atoms with van der Waals surface area (Å²) in [7, 11) is 1.76. The first-order chi connectivity index (χ1) is 8.70. The van der Waals surface area contributed by atoms with E-state index in [1.165, 1.54) is 12.8 Å². The summed E-state index contributed by atoms with van der Waals surface area (Å²) in [6.07, 6.45) is 4.19. The van der Waals surface area contributed by atoms with E-state index in [2.05, 4.69) is 20.5 Å². The molecule has 0 aliphatic carbocycles. The third-order valence-corrected chi connectivity index (χ3v) is 3.27. The van der Waals surface area contributed by atoms with Crippen LogP contribution in [0.1, 0.15) is 19.8 Å². The lowest BCUT2D eigenvalue weighted by molar-refractivity contribution is -0.117. The lowest BCUT2D eigenvalue weighted by Crippen LogP contribution is -2.35. The van der Waals surface area contributed by atoms with Crippen molar-refractivity contribution in [3.05, 3.63) is 18.3 Å². The molecule has 98 valence electrons.